The van der Waals surface area contributed by atoms with Crippen molar-refractivity contribution in [3.63, 3.8) is 0 Å². The number of hydrogen-bond acceptors (Lipinski definition) is 4. The Kier molecular flexibility index (Phi) is 4.44. The smallest absolute Gasteiger partial charge is 0.123 e. The van der Waals surface area contributed by atoms with Crippen LogP contribution in [0, 0.1) is 0 Å². The van der Waals surface area contributed by atoms with Gasteiger partial charge < -0.3 is 5.32 Å². The van der Waals surface area contributed by atoms with E-state index in [1.165, 1.54) is 12.2 Å². The molecule has 5 heteroatoms. The molecule has 4 nitrogen and oxygen atoms in total. The number of hydrogen-bond donors (Lipinski definition) is 1. The van der Waals surface area contributed by atoms with Crippen molar-refractivity contribution in [3.05, 3.63) is 36.9 Å². The van der Waals surface area contributed by atoms with Gasteiger partial charge in [0.05, 0.1) is 5.69 Å². The fourth-order valence-corrected chi connectivity index (χ4v) is 1.99. The molecule has 90 valence electrons. The van der Waals surface area contributed by atoms with Crippen LogP contribution in [0.4, 0.5) is 5.69 Å². The molecular weight excluding hydrogens is 232 g/mol. The molecule has 0 amide bonds. The highest BCUT2D eigenvalue weighted by Crippen LogP contribution is 2.14. The van der Waals surface area contributed by atoms with Gasteiger partial charge in [-0.3, -0.25) is 4.57 Å². The number of nitrogens with one attached hydrogen (secondary N) is 1. The Bertz CT molecular complexity index is 442. The summed E-state index contributed by atoms with van der Waals surface area (Å²) in [7, 11) is 0. The summed E-state index contributed by atoms with van der Waals surface area (Å²) in [6.45, 7) is 1.01. The maximum Gasteiger partial charge on any atom is 0.123 e. The molecule has 0 saturated heterocycles. The molecule has 0 spiro atoms. The Morgan fingerprint density at radius 1 is 1.29 bits per heavy atom. The largest absolute Gasteiger partial charge is 0.385 e. The van der Waals surface area contributed by atoms with Crippen molar-refractivity contribution in [3.8, 4) is 5.69 Å². The number of thioether (sulfide) groups is 1. The van der Waals surface area contributed by atoms with E-state index in [0.717, 1.165) is 17.9 Å². The van der Waals surface area contributed by atoms with Crippen molar-refractivity contribution in [2.45, 2.75) is 6.42 Å². The number of nitrogens with zero attached hydrogens (tertiary/aromatic N) is 3. The lowest BCUT2D eigenvalue weighted by molar-refractivity contribution is 0.990. The molecule has 0 fully saturated rings. The predicted molar refractivity (Wildman–Crippen MR) is 72.8 cm³/mol. The fourth-order valence-electron chi connectivity index (χ4n) is 1.56. The Morgan fingerprint density at radius 2 is 2.12 bits per heavy atom. The minimum atomic E-state index is 1.01. The molecule has 0 bridgehead atoms. The second-order valence-electron chi connectivity index (χ2n) is 3.69. The highest BCUT2D eigenvalue weighted by atomic mass is 32.2. The summed E-state index contributed by atoms with van der Waals surface area (Å²) in [5.41, 5.74) is 2.21. The van der Waals surface area contributed by atoms with Crippen LogP contribution in [-0.2, 0) is 0 Å². The quantitative estimate of drug-likeness (QED) is 0.797. The van der Waals surface area contributed by atoms with Gasteiger partial charge in [0, 0.05) is 12.2 Å². The first-order chi connectivity index (χ1) is 8.40. The molecule has 0 unspecified atom stereocenters. The van der Waals surface area contributed by atoms with E-state index in [4.69, 9.17) is 0 Å². The van der Waals surface area contributed by atoms with Gasteiger partial charge in [0.1, 0.15) is 12.7 Å². The lowest BCUT2D eigenvalue weighted by Gasteiger charge is -2.08. The average molecular weight is 248 g/mol. The maximum absolute atomic E-state index is 3.80. The zero-order valence-electron chi connectivity index (χ0n) is 9.84. The van der Waals surface area contributed by atoms with Crippen molar-refractivity contribution >= 4 is 17.4 Å². The molecule has 0 atom stereocenters. The summed E-state index contributed by atoms with van der Waals surface area (Å²) < 4.78 is 1.90. The van der Waals surface area contributed by atoms with Gasteiger partial charge in [0.2, 0.25) is 0 Å². The molecule has 0 radical (unpaired) electrons. The number of benzene rings is 1. The maximum atomic E-state index is 3.80. The van der Waals surface area contributed by atoms with E-state index in [0.29, 0.717) is 0 Å². The molecular formula is C12H16N4S. The summed E-state index contributed by atoms with van der Waals surface area (Å²) in [6.07, 6.45) is 6.71. The number of rotatable bonds is 6. The molecule has 1 aromatic heterocycles. The van der Waals surface area contributed by atoms with Crippen LogP contribution in [0.1, 0.15) is 6.42 Å². The SMILES string of the molecule is CSCCCNc1cccc(-n2cnnc2)c1. The van der Waals surface area contributed by atoms with Crippen molar-refractivity contribution < 1.29 is 0 Å². The van der Waals surface area contributed by atoms with Crippen LogP contribution in [-0.4, -0.2) is 33.3 Å². The fraction of sp³-hybridized carbons (Fsp3) is 0.333. The van der Waals surface area contributed by atoms with Gasteiger partial charge in [-0.15, -0.1) is 10.2 Å². The van der Waals surface area contributed by atoms with Crippen molar-refractivity contribution in [1.82, 2.24) is 14.8 Å². The third-order valence-corrected chi connectivity index (χ3v) is 3.11. The molecule has 0 aliphatic heterocycles. The minimum absolute atomic E-state index is 1.01. The summed E-state index contributed by atoms with van der Waals surface area (Å²) in [4.78, 5) is 0. The molecule has 1 aromatic carbocycles. The molecule has 1 N–H and O–H groups in total. The number of aromatic nitrogens is 3. The van der Waals surface area contributed by atoms with Gasteiger partial charge in [-0.1, -0.05) is 6.07 Å². The normalized spacial score (nSPS) is 10.4. The van der Waals surface area contributed by atoms with Gasteiger partial charge in [0.25, 0.3) is 0 Å². The van der Waals surface area contributed by atoms with Gasteiger partial charge in [0.15, 0.2) is 0 Å². The van der Waals surface area contributed by atoms with Crippen molar-refractivity contribution in [2.24, 2.45) is 0 Å². The van der Waals surface area contributed by atoms with Crippen LogP contribution in [0.2, 0.25) is 0 Å². The number of anilines is 1. The topological polar surface area (TPSA) is 42.7 Å². The summed E-state index contributed by atoms with van der Waals surface area (Å²) in [6, 6.07) is 8.25. The zero-order valence-corrected chi connectivity index (χ0v) is 10.7. The standard InChI is InChI=1S/C12H16N4S/c1-17-7-3-6-13-11-4-2-5-12(8-11)16-9-14-15-10-16/h2,4-5,8-10,13H,3,6-7H2,1H3. The van der Waals surface area contributed by atoms with E-state index in [1.807, 2.05) is 28.5 Å². The van der Waals surface area contributed by atoms with Crippen LogP contribution in [0.3, 0.4) is 0 Å². The highest BCUT2D eigenvalue weighted by molar-refractivity contribution is 7.98. The van der Waals surface area contributed by atoms with Crippen molar-refractivity contribution in [1.29, 1.82) is 0 Å². The van der Waals surface area contributed by atoms with E-state index in [-0.39, 0.29) is 0 Å². The minimum Gasteiger partial charge on any atom is -0.385 e. The van der Waals surface area contributed by atoms with Crippen LogP contribution in [0.25, 0.3) is 5.69 Å². The molecule has 2 rings (SSSR count). The first-order valence-corrected chi connectivity index (χ1v) is 6.97. The third-order valence-electron chi connectivity index (χ3n) is 2.42. The Hall–Kier alpha value is -1.49. The summed E-state index contributed by atoms with van der Waals surface area (Å²) >= 11 is 1.88. The van der Waals surface area contributed by atoms with E-state index in [1.54, 1.807) is 12.7 Å². The zero-order chi connectivity index (χ0) is 11.9. The van der Waals surface area contributed by atoms with Crippen LogP contribution in [0.15, 0.2) is 36.9 Å². The van der Waals surface area contributed by atoms with E-state index in [2.05, 4.69) is 33.9 Å². The van der Waals surface area contributed by atoms with Gasteiger partial charge >= 0.3 is 0 Å². The molecule has 0 aliphatic rings. The van der Waals surface area contributed by atoms with Gasteiger partial charge in [-0.05, 0) is 36.6 Å². The van der Waals surface area contributed by atoms with Crippen LogP contribution < -0.4 is 5.32 Å². The molecule has 0 aliphatic carbocycles. The Balaban J connectivity index is 1.97. The van der Waals surface area contributed by atoms with Gasteiger partial charge in [-0.25, -0.2) is 0 Å². The summed E-state index contributed by atoms with van der Waals surface area (Å²) in [5, 5.41) is 11.0. The first-order valence-electron chi connectivity index (χ1n) is 5.58. The lowest BCUT2D eigenvalue weighted by Crippen LogP contribution is -2.03. The van der Waals surface area contributed by atoms with Crippen molar-refractivity contribution in [2.75, 3.05) is 23.9 Å². The lowest BCUT2D eigenvalue weighted by atomic mass is 10.2. The van der Waals surface area contributed by atoms with E-state index >= 15 is 0 Å². The van der Waals surface area contributed by atoms with Crippen LogP contribution >= 0.6 is 11.8 Å². The predicted octanol–water partition coefficient (Wildman–Crippen LogP) is 2.43. The third kappa shape index (κ3) is 3.49. The highest BCUT2D eigenvalue weighted by Gasteiger charge is 1.97. The second kappa shape index (κ2) is 6.30. The van der Waals surface area contributed by atoms with Crippen LogP contribution in [0.5, 0.6) is 0 Å². The molecule has 0 saturated carbocycles. The molecule has 2 aromatic rings. The molecule has 1 heterocycles. The second-order valence-corrected chi connectivity index (χ2v) is 4.68. The van der Waals surface area contributed by atoms with E-state index in [9.17, 15) is 0 Å². The Morgan fingerprint density at radius 3 is 2.88 bits per heavy atom. The monoisotopic (exact) mass is 248 g/mol. The molecule has 17 heavy (non-hydrogen) atoms. The van der Waals surface area contributed by atoms with Gasteiger partial charge in [-0.2, -0.15) is 11.8 Å². The average Bonchev–Trinajstić information content (AvgIpc) is 2.89. The Labute approximate surface area is 105 Å². The summed E-state index contributed by atoms with van der Waals surface area (Å²) in [5.74, 6) is 1.19. The van der Waals surface area contributed by atoms with E-state index < -0.39 is 0 Å². The first kappa shape index (κ1) is 12.0.